The average molecular weight is 519 g/mol. The molecule has 0 saturated carbocycles. The van der Waals surface area contributed by atoms with Crippen LogP contribution in [0, 0.1) is 17.5 Å². The van der Waals surface area contributed by atoms with Gasteiger partial charge in [-0.25, -0.2) is 13.2 Å². The first-order valence-electron chi connectivity index (χ1n) is 13.2. The van der Waals surface area contributed by atoms with Crippen LogP contribution in [-0.2, 0) is 25.4 Å². The standard InChI is InChI=1S/C31H35F5O/c1-2-3-4-5-6-7-8-9-10-23-13-17-26(18-14-23)31(35,36)37-27-19-15-24(16-20-27)11-12-25-21-28(32)30(34)29(33)22-25/h13-22H,2-12H2,1H3. The molecule has 0 aliphatic heterocycles. The van der Waals surface area contributed by atoms with E-state index < -0.39 is 23.6 Å². The Morgan fingerprint density at radius 2 is 1.08 bits per heavy atom. The minimum absolute atomic E-state index is 0.00985. The van der Waals surface area contributed by atoms with Crippen molar-refractivity contribution in [2.75, 3.05) is 0 Å². The minimum atomic E-state index is -3.48. The van der Waals surface area contributed by atoms with Crippen LogP contribution in [0.3, 0.4) is 0 Å². The van der Waals surface area contributed by atoms with Crippen LogP contribution < -0.4 is 4.74 Å². The summed E-state index contributed by atoms with van der Waals surface area (Å²) in [6.07, 6.45) is 7.91. The van der Waals surface area contributed by atoms with Crippen LogP contribution in [0.2, 0.25) is 0 Å². The summed E-state index contributed by atoms with van der Waals surface area (Å²) in [5.74, 6) is -3.95. The van der Waals surface area contributed by atoms with Gasteiger partial charge < -0.3 is 4.74 Å². The number of rotatable bonds is 15. The van der Waals surface area contributed by atoms with Crippen LogP contribution in [0.1, 0.15) is 80.5 Å². The summed E-state index contributed by atoms with van der Waals surface area (Å²) in [7, 11) is 0. The summed E-state index contributed by atoms with van der Waals surface area (Å²) < 4.78 is 74.2. The van der Waals surface area contributed by atoms with Crippen molar-refractivity contribution in [3.05, 3.63) is 100 Å². The van der Waals surface area contributed by atoms with Gasteiger partial charge in [0.25, 0.3) is 0 Å². The molecule has 0 aromatic heterocycles. The quantitative estimate of drug-likeness (QED) is 0.111. The molecule has 0 aliphatic rings. The van der Waals surface area contributed by atoms with Crippen molar-refractivity contribution in [1.29, 1.82) is 0 Å². The highest BCUT2D eigenvalue weighted by molar-refractivity contribution is 5.31. The van der Waals surface area contributed by atoms with Crippen LogP contribution in [-0.4, -0.2) is 0 Å². The fourth-order valence-electron chi connectivity index (χ4n) is 4.30. The van der Waals surface area contributed by atoms with Gasteiger partial charge in [-0.15, -0.1) is 0 Å². The average Bonchev–Trinajstić information content (AvgIpc) is 2.88. The summed E-state index contributed by atoms with van der Waals surface area (Å²) in [6.45, 7) is 2.21. The van der Waals surface area contributed by atoms with E-state index in [1.807, 2.05) is 0 Å². The molecule has 0 fully saturated rings. The lowest BCUT2D eigenvalue weighted by Crippen LogP contribution is -2.21. The number of ether oxygens (including phenoxy) is 1. The van der Waals surface area contributed by atoms with Crippen molar-refractivity contribution < 1.29 is 26.7 Å². The normalized spacial score (nSPS) is 11.6. The van der Waals surface area contributed by atoms with Gasteiger partial charge in [0, 0.05) is 0 Å². The predicted molar refractivity (Wildman–Crippen MR) is 137 cm³/mol. The molecule has 0 unspecified atom stereocenters. The third kappa shape index (κ3) is 9.17. The highest BCUT2D eigenvalue weighted by Gasteiger charge is 2.34. The number of aryl methyl sites for hydroxylation is 3. The van der Waals surface area contributed by atoms with Crippen molar-refractivity contribution in [2.45, 2.75) is 83.7 Å². The summed E-state index contributed by atoms with van der Waals surface area (Å²) in [5.41, 5.74) is 1.91. The van der Waals surface area contributed by atoms with E-state index in [1.165, 1.54) is 62.8 Å². The Hall–Kier alpha value is -2.89. The maximum absolute atomic E-state index is 14.7. The molecule has 0 amide bonds. The van der Waals surface area contributed by atoms with E-state index >= 15 is 0 Å². The van der Waals surface area contributed by atoms with E-state index in [0.717, 1.165) is 42.5 Å². The molecule has 3 rings (SSSR count). The molecule has 0 heterocycles. The minimum Gasteiger partial charge on any atom is -0.429 e. The van der Waals surface area contributed by atoms with Gasteiger partial charge in [0.05, 0.1) is 5.56 Å². The van der Waals surface area contributed by atoms with E-state index in [1.54, 1.807) is 24.3 Å². The SMILES string of the molecule is CCCCCCCCCCc1ccc(C(F)(F)Oc2ccc(CCc3cc(F)c(F)c(F)c3)cc2)cc1. The fourth-order valence-corrected chi connectivity index (χ4v) is 4.30. The zero-order valence-corrected chi connectivity index (χ0v) is 21.3. The van der Waals surface area contributed by atoms with E-state index in [2.05, 4.69) is 6.92 Å². The Labute approximate surface area is 216 Å². The topological polar surface area (TPSA) is 9.23 Å². The van der Waals surface area contributed by atoms with Crippen molar-refractivity contribution in [1.82, 2.24) is 0 Å². The number of alkyl halides is 2. The smallest absolute Gasteiger partial charge is 0.426 e. The third-order valence-corrected chi connectivity index (χ3v) is 6.52. The number of unbranched alkanes of at least 4 members (excludes halogenated alkanes) is 7. The molecular weight excluding hydrogens is 483 g/mol. The van der Waals surface area contributed by atoms with Gasteiger partial charge >= 0.3 is 6.11 Å². The van der Waals surface area contributed by atoms with Crippen LogP contribution in [0.5, 0.6) is 5.75 Å². The zero-order chi connectivity index (χ0) is 26.7. The fraction of sp³-hybridized carbons (Fsp3) is 0.419. The molecule has 37 heavy (non-hydrogen) atoms. The van der Waals surface area contributed by atoms with E-state index in [4.69, 9.17) is 4.74 Å². The number of hydrogen-bond donors (Lipinski definition) is 0. The Morgan fingerprint density at radius 1 is 0.595 bits per heavy atom. The Bertz CT molecular complexity index is 1070. The second kappa shape index (κ2) is 14.2. The molecule has 1 nitrogen and oxygen atoms in total. The molecule has 0 bridgehead atoms. The van der Waals surface area contributed by atoms with Crippen LogP contribution in [0.4, 0.5) is 22.0 Å². The first-order valence-corrected chi connectivity index (χ1v) is 13.2. The van der Waals surface area contributed by atoms with Gasteiger partial charge in [0.1, 0.15) is 5.75 Å². The molecule has 0 N–H and O–H groups in total. The number of benzene rings is 3. The van der Waals surface area contributed by atoms with Crippen LogP contribution >= 0.6 is 0 Å². The maximum Gasteiger partial charge on any atom is 0.426 e. The largest absolute Gasteiger partial charge is 0.429 e. The van der Waals surface area contributed by atoms with Gasteiger partial charge in [-0.1, -0.05) is 76.1 Å². The lowest BCUT2D eigenvalue weighted by atomic mass is 10.0. The maximum atomic E-state index is 14.7. The molecule has 0 spiro atoms. The van der Waals surface area contributed by atoms with E-state index in [9.17, 15) is 22.0 Å². The molecule has 0 atom stereocenters. The van der Waals surface area contributed by atoms with Crippen molar-refractivity contribution in [3.63, 3.8) is 0 Å². The molecule has 200 valence electrons. The number of hydrogen-bond acceptors (Lipinski definition) is 1. The molecule has 6 heteroatoms. The molecule has 3 aromatic carbocycles. The summed E-state index contributed by atoms with van der Waals surface area (Å²) in [5, 5.41) is 0. The first kappa shape index (κ1) is 28.7. The van der Waals surface area contributed by atoms with Crippen molar-refractivity contribution in [3.8, 4) is 5.75 Å². The van der Waals surface area contributed by atoms with Crippen LogP contribution in [0.25, 0.3) is 0 Å². The molecule has 3 aromatic rings. The lowest BCUT2D eigenvalue weighted by Gasteiger charge is -2.19. The van der Waals surface area contributed by atoms with Gasteiger partial charge in [0.15, 0.2) is 17.5 Å². The second-order valence-corrected chi connectivity index (χ2v) is 9.56. The van der Waals surface area contributed by atoms with Crippen molar-refractivity contribution in [2.24, 2.45) is 0 Å². The molecular formula is C31H35F5O. The first-order chi connectivity index (χ1) is 17.8. The van der Waals surface area contributed by atoms with Gasteiger partial charge in [0.2, 0.25) is 0 Å². The highest BCUT2D eigenvalue weighted by atomic mass is 19.3. The zero-order valence-electron chi connectivity index (χ0n) is 21.3. The summed E-state index contributed by atoms with van der Waals surface area (Å²) in [6, 6.07) is 14.3. The van der Waals surface area contributed by atoms with Gasteiger partial charge in [-0.3, -0.25) is 0 Å². The monoisotopic (exact) mass is 518 g/mol. The highest BCUT2D eigenvalue weighted by Crippen LogP contribution is 2.32. The Kier molecular flexibility index (Phi) is 11.0. The molecule has 0 aliphatic carbocycles. The second-order valence-electron chi connectivity index (χ2n) is 9.56. The predicted octanol–water partition coefficient (Wildman–Crippen LogP) is 9.70. The third-order valence-electron chi connectivity index (χ3n) is 6.52. The molecule has 0 radical (unpaired) electrons. The Balaban J connectivity index is 1.45. The molecule has 0 saturated heterocycles. The van der Waals surface area contributed by atoms with E-state index in [-0.39, 0.29) is 17.7 Å². The Morgan fingerprint density at radius 3 is 1.68 bits per heavy atom. The van der Waals surface area contributed by atoms with Gasteiger partial charge in [-0.05, 0) is 78.8 Å². The number of halogens is 5. The lowest BCUT2D eigenvalue weighted by molar-refractivity contribution is -0.185. The van der Waals surface area contributed by atoms with E-state index in [0.29, 0.717) is 12.0 Å². The van der Waals surface area contributed by atoms with Crippen LogP contribution in [0.15, 0.2) is 60.7 Å². The van der Waals surface area contributed by atoms with Crippen molar-refractivity contribution >= 4 is 0 Å². The summed E-state index contributed by atoms with van der Waals surface area (Å²) in [4.78, 5) is 0. The van der Waals surface area contributed by atoms with Gasteiger partial charge in [-0.2, -0.15) is 8.78 Å². The summed E-state index contributed by atoms with van der Waals surface area (Å²) >= 11 is 0.